The van der Waals surface area contributed by atoms with E-state index in [0.29, 0.717) is 16.8 Å². The van der Waals surface area contributed by atoms with Crippen molar-refractivity contribution in [3.05, 3.63) is 63.7 Å². The van der Waals surface area contributed by atoms with Crippen LogP contribution < -0.4 is 0 Å². The average Bonchev–Trinajstić information content (AvgIpc) is 2.64. The predicted molar refractivity (Wildman–Crippen MR) is 106 cm³/mol. The van der Waals surface area contributed by atoms with Crippen molar-refractivity contribution in [2.45, 2.75) is 26.1 Å². The van der Waals surface area contributed by atoms with Crippen LogP contribution in [0.3, 0.4) is 0 Å². The summed E-state index contributed by atoms with van der Waals surface area (Å²) in [5.41, 5.74) is 1.55. The van der Waals surface area contributed by atoms with Gasteiger partial charge in [0.05, 0.1) is 36.9 Å². The van der Waals surface area contributed by atoms with E-state index in [1.54, 1.807) is 18.5 Å². The van der Waals surface area contributed by atoms with Crippen LogP contribution in [0.1, 0.15) is 23.6 Å². The average molecular weight is 409 g/mol. The first-order valence-electron chi connectivity index (χ1n) is 9.05. The molecule has 0 atom stereocenters. The highest BCUT2D eigenvalue weighted by Gasteiger charge is 2.44. The summed E-state index contributed by atoms with van der Waals surface area (Å²) in [6.07, 6.45) is 1.68. The van der Waals surface area contributed by atoms with Gasteiger partial charge < -0.3 is 14.4 Å². The second kappa shape index (κ2) is 8.55. The number of aryl methyl sites for hydroxylation is 1. The Balaban J connectivity index is 1.82. The zero-order valence-electron chi connectivity index (χ0n) is 16.1. The zero-order valence-corrected chi connectivity index (χ0v) is 16.9. The van der Waals surface area contributed by atoms with Gasteiger partial charge in [0.25, 0.3) is 0 Å². The van der Waals surface area contributed by atoms with Gasteiger partial charge in [-0.2, -0.15) is 0 Å². The maximum absolute atomic E-state index is 14.9. The number of ether oxygens (including phenoxy) is 2. The van der Waals surface area contributed by atoms with Gasteiger partial charge in [-0.25, -0.2) is 13.8 Å². The fourth-order valence-electron chi connectivity index (χ4n) is 2.86. The monoisotopic (exact) mass is 408 g/mol. The van der Waals surface area contributed by atoms with Gasteiger partial charge in [-0.1, -0.05) is 17.7 Å². The van der Waals surface area contributed by atoms with Gasteiger partial charge in [0.1, 0.15) is 17.2 Å². The smallest absolute Gasteiger partial charge is 0.143 e. The number of hydrogen-bond donors (Lipinski definition) is 0. The minimum absolute atomic E-state index is 0.0528. The van der Waals surface area contributed by atoms with Crippen molar-refractivity contribution in [2.75, 3.05) is 26.8 Å². The van der Waals surface area contributed by atoms with Crippen LogP contribution in [-0.2, 0) is 21.7 Å². The highest BCUT2D eigenvalue weighted by molar-refractivity contribution is 6.30. The lowest BCUT2D eigenvalue weighted by Gasteiger charge is -2.42. The molecule has 0 aromatic heterocycles. The lowest BCUT2D eigenvalue weighted by molar-refractivity contribution is -0.224. The third-order valence-electron chi connectivity index (χ3n) is 4.84. The third kappa shape index (κ3) is 4.35. The minimum atomic E-state index is -0.895. The summed E-state index contributed by atoms with van der Waals surface area (Å²) in [6, 6.07) is 7.64. The maximum Gasteiger partial charge on any atom is 0.143 e. The van der Waals surface area contributed by atoms with Gasteiger partial charge in [-0.05, 0) is 43.2 Å². The second-order valence-corrected chi connectivity index (χ2v) is 7.37. The van der Waals surface area contributed by atoms with Crippen LogP contribution >= 0.6 is 11.6 Å². The van der Waals surface area contributed by atoms with Crippen LogP contribution in [0, 0.1) is 18.6 Å². The molecule has 1 aliphatic rings. The van der Waals surface area contributed by atoms with E-state index < -0.39 is 17.2 Å². The standard InChI is InChI=1S/C21H23ClF2N2O2/c1-4-26(3)13-25-20-9-18(23)16(7-14(20)2)21(11-27-12-21)28-10-15-5-6-17(22)19(24)8-15/h5-9,13H,4,10-12H2,1-3H3. The van der Waals surface area contributed by atoms with Gasteiger partial charge in [-0.15, -0.1) is 0 Å². The van der Waals surface area contributed by atoms with Crippen LogP contribution in [0.15, 0.2) is 35.3 Å². The molecule has 28 heavy (non-hydrogen) atoms. The van der Waals surface area contributed by atoms with Gasteiger partial charge in [0.2, 0.25) is 0 Å². The molecule has 2 aromatic carbocycles. The van der Waals surface area contributed by atoms with Crippen molar-refractivity contribution in [1.29, 1.82) is 0 Å². The first-order chi connectivity index (χ1) is 13.3. The van der Waals surface area contributed by atoms with E-state index in [1.807, 2.05) is 25.8 Å². The van der Waals surface area contributed by atoms with Crippen LogP contribution in [0.5, 0.6) is 0 Å². The number of rotatable bonds is 7. The molecule has 0 radical (unpaired) electrons. The molecule has 4 nitrogen and oxygen atoms in total. The Morgan fingerprint density at radius 3 is 2.61 bits per heavy atom. The van der Waals surface area contributed by atoms with Crippen molar-refractivity contribution >= 4 is 23.6 Å². The lowest BCUT2D eigenvalue weighted by atomic mass is 9.89. The number of aliphatic imine (C=N–C) groups is 1. The van der Waals surface area contributed by atoms with E-state index >= 15 is 0 Å². The number of halogens is 3. The Kier molecular flexibility index (Phi) is 6.33. The van der Waals surface area contributed by atoms with Crippen molar-refractivity contribution in [1.82, 2.24) is 4.90 Å². The summed E-state index contributed by atoms with van der Waals surface area (Å²) < 4.78 is 39.9. The van der Waals surface area contributed by atoms with Crippen molar-refractivity contribution < 1.29 is 18.3 Å². The summed E-state index contributed by atoms with van der Waals surface area (Å²) in [7, 11) is 1.90. The molecule has 1 aliphatic heterocycles. The minimum Gasteiger partial charge on any atom is -0.375 e. The highest BCUT2D eigenvalue weighted by Crippen LogP contribution is 2.38. The Labute approximate surface area is 168 Å². The molecule has 0 unspecified atom stereocenters. The number of nitrogens with zero attached hydrogens (tertiary/aromatic N) is 2. The molecule has 1 fully saturated rings. The second-order valence-electron chi connectivity index (χ2n) is 6.96. The Bertz CT molecular complexity index is 885. The molecule has 0 bridgehead atoms. The normalized spacial score (nSPS) is 15.6. The highest BCUT2D eigenvalue weighted by atomic mass is 35.5. The Morgan fingerprint density at radius 2 is 2.00 bits per heavy atom. The molecule has 7 heteroatoms. The molecule has 1 heterocycles. The van der Waals surface area contributed by atoms with E-state index in [2.05, 4.69) is 4.99 Å². The van der Waals surface area contributed by atoms with E-state index in [0.717, 1.165) is 12.1 Å². The molecule has 2 aromatic rings. The molecule has 0 saturated carbocycles. The fraction of sp³-hybridized carbons (Fsp3) is 0.381. The molecule has 0 N–H and O–H groups in total. The summed E-state index contributed by atoms with van der Waals surface area (Å²) in [5, 5.41) is 0.0528. The Hall–Kier alpha value is -2.02. The van der Waals surface area contributed by atoms with Gasteiger partial charge in [0, 0.05) is 25.2 Å². The zero-order chi connectivity index (χ0) is 20.3. The van der Waals surface area contributed by atoms with Crippen LogP contribution in [0.4, 0.5) is 14.5 Å². The van der Waals surface area contributed by atoms with E-state index in [1.165, 1.54) is 18.2 Å². The summed E-state index contributed by atoms with van der Waals surface area (Å²) in [6.45, 7) is 5.29. The van der Waals surface area contributed by atoms with Crippen LogP contribution in [0.25, 0.3) is 0 Å². The molecule has 0 amide bonds. The van der Waals surface area contributed by atoms with Crippen LogP contribution in [-0.4, -0.2) is 38.0 Å². The van der Waals surface area contributed by atoms with E-state index in [9.17, 15) is 8.78 Å². The van der Waals surface area contributed by atoms with E-state index in [-0.39, 0.29) is 24.8 Å². The third-order valence-corrected chi connectivity index (χ3v) is 5.15. The molecule has 0 spiro atoms. The molecular weight excluding hydrogens is 386 g/mol. The van der Waals surface area contributed by atoms with Crippen LogP contribution in [0.2, 0.25) is 5.02 Å². The lowest BCUT2D eigenvalue weighted by Crippen LogP contribution is -2.49. The topological polar surface area (TPSA) is 34.1 Å². The van der Waals surface area contributed by atoms with Crippen molar-refractivity contribution in [2.24, 2.45) is 4.99 Å². The van der Waals surface area contributed by atoms with E-state index in [4.69, 9.17) is 21.1 Å². The van der Waals surface area contributed by atoms with Gasteiger partial charge in [-0.3, -0.25) is 0 Å². The van der Waals surface area contributed by atoms with Gasteiger partial charge >= 0.3 is 0 Å². The largest absolute Gasteiger partial charge is 0.375 e. The summed E-state index contributed by atoms with van der Waals surface area (Å²) in [5.74, 6) is -0.912. The van der Waals surface area contributed by atoms with Gasteiger partial charge in [0.15, 0.2) is 0 Å². The molecule has 0 aliphatic carbocycles. The fourth-order valence-corrected chi connectivity index (χ4v) is 2.97. The first kappa shape index (κ1) is 20.7. The van der Waals surface area contributed by atoms with Crippen molar-refractivity contribution in [3.63, 3.8) is 0 Å². The summed E-state index contributed by atoms with van der Waals surface area (Å²) in [4.78, 5) is 6.25. The maximum atomic E-state index is 14.9. The Morgan fingerprint density at radius 1 is 1.25 bits per heavy atom. The number of benzene rings is 2. The SMILES string of the molecule is CCN(C)C=Nc1cc(F)c(C2(OCc3ccc(Cl)c(F)c3)COC2)cc1C. The molecule has 1 saturated heterocycles. The summed E-state index contributed by atoms with van der Waals surface area (Å²) >= 11 is 5.71. The molecule has 150 valence electrons. The quantitative estimate of drug-likeness (QED) is 0.478. The number of hydrogen-bond acceptors (Lipinski definition) is 3. The molecular formula is C21H23ClF2N2O2. The first-order valence-corrected chi connectivity index (χ1v) is 9.43. The predicted octanol–water partition coefficient (Wildman–Crippen LogP) is 4.98. The molecule has 3 rings (SSSR count). The van der Waals surface area contributed by atoms with Crippen molar-refractivity contribution in [3.8, 4) is 0 Å².